The molecule has 242 valence electrons. The molecule has 1 fully saturated rings. The Morgan fingerprint density at radius 3 is 2.24 bits per heavy atom. The van der Waals surface area contributed by atoms with Crippen LogP contribution in [0.2, 0.25) is 5.02 Å². The minimum absolute atomic E-state index is 0.0386. The van der Waals surface area contributed by atoms with Gasteiger partial charge in [0.15, 0.2) is 0 Å². The van der Waals surface area contributed by atoms with E-state index in [1.807, 2.05) is 0 Å². The van der Waals surface area contributed by atoms with Crippen molar-refractivity contribution in [3.8, 4) is 5.75 Å². The quantitative estimate of drug-likeness (QED) is 0.241. The van der Waals surface area contributed by atoms with Crippen LogP contribution in [0.25, 0.3) is 0 Å². The highest BCUT2D eigenvalue weighted by molar-refractivity contribution is 7.92. The molecule has 13 heteroatoms. The number of hydrogen-bond donors (Lipinski definition) is 1. The second-order valence-corrected chi connectivity index (χ2v) is 13.0. The van der Waals surface area contributed by atoms with Crippen molar-refractivity contribution in [2.45, 2.75) is 68.7 Å². The molecule has 0 unspecified atom stereocenters. The third-order valence-electron chi connectivity index (χ3n) is 7.75. The maximum Gasteiger partial charge on any atom is 0.416 e. The van der Waals surface area contributed by atoms with E-state index in [1.165, 1.54) is 36.3 Å². The largest absolute Gasteiger partial charge is 0.497 e. The molecule has 2 amide bonds. The van der Waals surface area contributed by atoms with Gasteiger partial charge in [-0.05, 0) is 67.3 Å². The lowest BCUT2D eigenvalue weighted by Gasteiger charge is -2.34. The Hall–Kier alpha value is -3.77. The molecule has 1 N–H and O–H groups in total. The van der Waals surface area contributed by atoms with Crippen LogP contribution in [0.3, 0.4) is 0 Å². The Bertz CT molecular complexity index is 1580. The molecule has 4 rings (SSSR count). The van der Waals surface area contributed by atoms with Gasteiger partial charge < -0.3 is 15.0 Å². The van der Waals surface area contributed by atoms with Crippen LogP contribution >= 0.6 is 11.6 Å². The molecular formula is C32H35ClF3N3O5S. The normalized spacial score (nSPS) is 14.5. The van der Waals surface area contributed by atoms with Gasteiger partial charge in [-0.3, -0.25) is 13.9 Å². The van der Waals surface area contributed by atoms with Gasteiger partial charge in [0.05, 0.1) is 28.3 Å². The van der Waals surface area contributed by atoms with Crippen LogP contribution < -0.4 is 14.4 Å². The average Bonchev–Trinajstić information content (AvgIpc) is 3.53. The van der Waals surface area contributed by atoms with E-state index in [9.17, 15) is 31.2 Å². The van der Waals surface area contributed by atoms with Crippen molar-refractivity contribution in [1.82, 2.24) is 10.2 Å². The van der Waals surface area contributed by atoms with E-state index in [-0.39, 0.29) is 34.8 Å². The number of carbonyl (C=O) groups is 2. The number of rotatable bonds is 12. The second kappa shape index (κ2) is 14.6. The maximum absolute atomic E-state index is 14.2. The van der Waals surface area contributed by atoms with E-state index in [0.717, 1.165) is 37.8 Å². The molecule has 3 aromatic carbocycles. The van der Waals surface area contributed by atoms with Gasteiger partial charge in [-0.25, -0.2) is 8.42 Å². The highest BCUT2D eigenvalue weighted by Crippen LogP contribution is 2.37. The van der Waals surface area contributed by atoms with Gasteiger partial charge >= 0.3 is 6.18 Å². The van der Waals surface area contributed by atoms with Gasteiger partial charge in [-0.1, -0.05) is 61.7 Å². The van der Waals surface area contributed by atoms with E-state index >= 15 is 0 Å². The molecule has 0 bridgehead atoms. The van der Waals surface area contributed by atoms with E-state index < -0.39 is 45.9 Å². The van der Waals surface area contributed by atoms with Gasteiger partial charge in [0.25, 0.3) is 10.0 Å². The highest BCUT2D eigenvalue weighted by Gasteiger charge is 2.37. The summed E-state index contributed by atoms with van der Waals surface area (Å²) in [5, 5.41) is 2.71. The molecule has 0 spiro atoms. The van der Waals surface area contributed by atoms with E-state index in [1.54, 1.807) is 37.3 Å². The van der Waals surface area contributed by atoms with Gasteiger partial charge in [0.2, 0.25) is 11.8 Å². The van der Waals surface area contributed by atoms with Gasteiger partial charge in [0, 0.05) is 12.6 Å². The SMILES string of the molecule is CC[C@@H](C(=O)NC1CCCC1)N(Cc1ccc(OC)cc1)C(=O)CN(c1cc(C(F)(F)F)ccc1Cl)S(=O)(=O)c1ccccc1. The predicted octanol–water partition coefficient (Wildman–Crippen LogP) is 6.43. The highest BCUT2D eigenvalue weighted by atomic mass is 35.5. The summed E-state index contributed by atoms with van der Waals surface area (Å²) >= 11 is 6.32. The Kier molecular flexibility index (Phi) is 11.0. The number of sulfonamides is 1. The topological polar surface area (TPSA) is 96.0 Å². The maximum atomic E-state index is 14.2. The summed E-state index contributed by atoms with van der Waals surface area (Å²) in [6.45, 7) is 0.742. The van der Waals surface area contributed by atoms with Crippen LogP contribution in [0.5, 0.6) is 5.75 Å². The molecule has 0 heterocycles. The molecule has 1 atom stereocenters. The monoisotopic (exact) mass is 665 g/mol. The van der Waals surface area contributed by atoms with Crippen LogP contribution in [0.4, 0.5) is 18.9 Å². The third kappa shape index (κ3) is 8.29. The number of methoxy groups -OCH3 is 1. The van der Waals surface area contributed by atoms with Gasteiger partial charge in [-0.15, -0.1) is 0 Å². The van der Waals surface area contributed by atoms with Crippen molar-refractivity contribution in [3.63, 3.8) is 0 Å². The molecular weight excluding hydrogens is 631 g/mol. The summed E-state index contributed by atoms with van der Waals surface area (Å²) < 4.78 is 74.9. The number of nitrogens with one attached hydrogen (secondary N) is 1. The summed E-state index contributed by atoms with van der Waals surface area (Å²) in [5.41, 5.74) is -1.03. The van der Waals surface area contributed by atoms with Gasteiger partial charge in [0.1, 0.15) is 18.3 Å². The number of nitrogens with zero attached hydrogens (tertiary/aromatic N) is 2. The smallest absolute Gasteiger partial charge is 0.416 e. The summed E-state index contributed by atoms with van der Waals surface area (Å²) in [6, 6.07) is 15.1. The summed E-state index contributed by atoms with van der Waals surface area (Å²) in [6.07, 6.45) is -1.04. The van der Waals surface area contributed by atoms with Crippen molar-refractivity contribution < 1.29 is 35.9 Å². The molecule has 0 aliphatic heterocycles. The third-order valence-corrected chi connectivity index (χ3v) is 9.85. The number of amides is 2. The standard InChI is InChI=1S/C32H35ClF3N3O5S/c1-3-28(31(41)37-24-9-7-8-10-24)38(20-22-13-16-25(44-2)17-14-22)30(40)21-39(45(42,43)26-11-5-4-6-12-26)29-19-23(32(34,35)36)15-18-27(29)33/h4-6,11-19,24,28H,3,7-10,20-21H2,1-2H3,(H,37,41)/t28-/m0/s1. The molecule has 1 aliphatic rings. The lowest BCUT2D eigenvalue weighted by Crippen LogP contribution is -2.53. The van der Waals surface area contributed by atoms with Crippen molar-refractivity contribution in [1.29, 1.82) is 0 Å². The van der Waals surface area contributed by atoms with E-state index in [4.69, 9.17) is 16.3 Å². The zero-order valence-corrected chi connectivity index (χ0v) is 26.5. The fourth-order valence-electron chi connectivity index (χ4n) is 5.33. The zero-order valence-electron chi connectivity index (χ0n) is 24.9. The number of ether oxygens (including phenoxy) is 1. The Morgan fingerprint density at radius 1 is 1.02 bits per heavy atom. The van der Waals surface area contributed by atoms with E-state index in [2.05, 4.69) is 5.32 Å². The van der Waals surface area contributed by atoms with Crippen molar-refractivity contribution in [3.05, 3.63) is 88.9 Å². The molecule has 8 nitrogen and oxygen atoms in total. The zero-order chi connectivity index (χ0) is 32.8. The first-order valence-electron chi connectivity index (χ1n) is 14.5. The number of halogens is 4. The number of alkyl halides is 3. The Balaban J connectivity index is 1.78. The van der Waals surface area contributed by atoms with Crippen LogP contribution in [0.15, 0.2) is 77.7 Å². The fourth-order valence-corrected chi connectivity index (χ4v) is 7.04. The van der Waals surface area contributed by atoms with Crippen LogP contribution in [0, 0.1) is 0 Å². The number of carbonyl (C=O) groups excluding carboxylic acids is 2. The van der Waals surface area contributed by atoms with Crippen molar-refractivity contribution in [2.75, 3.05) is 18.0 Å². The minimum Gasteiger partial charge on any atom is -0.497 e. The van der Waals surface area contributed by atoms with Crippen molar-refractivity contribution >= 4 is 39.1 Å². The first-order chi connectivity index (χ1) is 21.3. The number of hydrogen-bond acceptors (Lipinski definition) is 5. The van der Waals surface area contributed by atoms with Crippen LogP contribution in [-0.2, 0) is 32.3 Å². The lowest BCUT2D eigenvalue weighted by atomic mass is 10.1. The average molecular weight is 666 g/mol. The molecule has 0 aromatic heterocycles. The molecule has 45 heavy (non-hydrogen) atoms. The van der Waals surface area contributed by atoms with E-state index in [0.29, 0.717) is 21.7 Å². The van der Waals surface area contributed by atoms with Crippen LogP contribution in [-0.4, -0.2) is 50.9 Å². The number of anilines is 1. The first-order valence-corrected chi connectivity index (χ1v) is 16.3. The summed E-state index contributed by atoms with van der Waals surface area (Å²) in [4.78, 5) is 28.8. The summed E-state index contributed by atoms with van der Waals surface area (Å²) in [7, 11) is -3.10. The lowest BCUT2D eigenvalue weighted by molar-refractivity contribution is -0.140. The second-order valence-electron chi connectivity index (χ2n) is 10.8. The minimum atomic E-state index is -4.81. The van der Waals surface area contributed by atoms with Crippen LogP contribution in [0.1, 0.15) is 50.2 Å². The first kappa shape index (κ1) is 34.1. The fraction of sp³-hybridized carbons (Fsp3) is 0.375. The molecule has 0 saturated heterocycles. The van der Waals surface area contributed by atoms with Crippen molar-refractivity contribution in [2.24, 2.45) is 0 Å². The molecule has 1 saturated carbocycles. The summed E-state index contributed by atoms with van der Waals surface area (Å²) in [5.74, 6) is -0.616. The molecule has 1 aliphatic carbocycles. The molecule has 3 aromatic rings. The predicted molar refractivity (Wildman–Crippen MR) is 165 cm³/mol. The Labute approximate surface area is 266 Å². The van der Waals surface area contributed by atoms with Gasteiger partial charge in [-0.2, -0.15) is 13.2 Å². The number of benzene rings is 3. The Morgan fingerprint density at radius 2 is 1.67 bits per heavy atom. The molecule has 0 radical (unpaired) electrons.